The molecule has 1 atom stereocenters. The number of aryl methyl sites for hydroxylation is 1. The van der Waals surface area contributed by atoms with Crippen LogP contribution in [0.25, 0.3) is 0 Å². The van der Waals surface area contributed by atoms with Crippen LogP contribution in [0.2, 0.25) is 10.0 Å². The Bertz CT molecular complexity index is 1230. The Morgan fingerprint density at radius 3 is 2.42 bits per heavy atom. The number of hydrogen-bond donors (Lipinski definition) is 1. The quantitative estimate of drug-likeness (QED) is 0.368. The lowest BCUT2D eigenvalue weighted by atomic mass is 9.95. The lowest BCUT2D eigenvalue weighted by Crippen LogP contribution is -2.50. The van der Waals surface area contributed by atoms with Crippen molar-refractivity contribution in [2.45, 2.75) is 77.4 Å². The van der Waals surface area contributed by atoms with Gasteiger partial charge >= 0.3 is 0 Å². The molecular formula is C28H37Cl2N3O4S. The summed E-state index contributed by atoms with van der Waals surface area (Å²) < 4.78 is 26.3. The number of rotatable bonds is 11. The lowest BCUT2D eigenvalue weighted by molar-refractivity contribution is -0.141. The Hall–Kier alpha value is -2.29. The first-order chi connectivity index (χ1) is 18.0. The van der Waals surface area contributed by atoms with Crippen molar-refractivity contribution in [3.05, 3.63) is 63.6 Å². The fourth-order valence-electron chi connectivity index (χ4n) is 4.78. The van der Waals surface area contributed by atoms with Crippen LogP contribution in [-0.4, -0.2) is 50.0 Å². The maximum atomic E-state index is 13.5. The van der Waals surface area contributed by atoms with Gasteiger partial charge in [-0.3, -0.25) is 13.9 Å². The average molecular weight is 583 g/mol. The first-order valence-electron chi connectivity index (χ1n) is 13.0. The molecule has 2 aromatic rings. The van der Waals surface area contributed by atoms with Gasteiger partial charge < -0.3 is 10.2 Å². The number of halogens is 2. The summed E-state index contributed by atoms with van der Waals surface area (Å²) in [5.74, 6) is -0.382. The molecular weight excluding hydrogens is 545 g/mol. The van der Waals surface area contributed by atoms with Crippen molar-refractivity contribution in [1.29, 1.82) is 0 Å². The van der Waals surface area contributed by atoms with Crippen molar-refractivity contribution in [3.63, 3.8) is 0 Å². The number of carbonyl (C=O) groups is 2. The third-order valence-electron chi connectivity index (χ3n) is 7.05. The molecule has 0 aromatic heterocycles. The molecule has 1 fully saturated rings. The summed E-state index contributed by atoms with van der Waals surface area (Å²) >= 11 is 12.3. The number of anilines is 1. The van der Waals surface area contributed by atoms with E-state index in [0.717, 1.165) is 43.1 Å². The molecule has 208 valence electrons. The maximum absolute atomic E-state index is 13.5. The van der Waals surface area contributed by atoms with Crippen LogP contribution in [0.1, 0.15) is 63.0 Å². The fraction of sp³-hybridized carbons (Fsp3) is 0.500. The standard InChI is InChI=1S/C28H37Cl2N3O4S/c1-20-10-7-8-11-22(20)19-32(21(2)28(35)31-24-12-5-4-6-13-24)27(34)14-9-17-33(38(3,36)37)26-18-23(29)15-16-25(26)30/h7-8,10-11,15-16,18,21,24H,4-6,9,12-14,17,19H2,1-3H3,(H,31,35)/t21-/m1/s1. The van der Waals surface area contributed by atoms with Gasteiger partial charge in [-0.2, -0.15) is 0 Å². The Balaban J connectivity index is 1.75. The summed E-state index contributed by atoms with van der Waals surface area (Å²) in [6.45, 7) is 4.07. The molecule has 0 aliphatic heterocycles. The molecule has 3 rings (SSSR count). The number of nitrogens with one attached hydrogen (secondary N) is 1. The number of amides is 2. The van der Waals surface area contributed by atoms with Gasteiger partial charge in [0.05, 0.1) is 17.0 Å². The topological polar surface area (TPSA) is 86.8 Å². The van der Waals surface area contributed by atoms with Crippen molar-refractivity contribution in [1.82, 2.24) is 10.2 Å². The molecule has 38 heavy (non-hydrogen) atoms. The van der Waals surface area contributed by atoms with Gasteiger partial charge in [0.2, 0.25) is 21.8 Å². The molecule has 0 spiro atoms. The van der Waals surface area contributed by atoms with E-state index in [1.165, 1.54) is 16.8 Å². The van der Waals surface area contributed by atoms with Crippen LogP contribution in [0, 0.1) is 6.92 Å². The van der Waals surface area contributed by atoms with Gasteiger partial charge in [0.25, 0.3) is 0 Å². The lowest BCUT2D eigenvalue weighted by Gasteiger charge is -2.32. The number of hydrogen-bond acceptors (Lipinski definition) is 4. The minimum atomic E-state index is -3.67. The third kappa shape index (κ3) is 8.35. The van der Waals surface area contributed by atoms with E-state index in [2.05, 4.69) is 5.32 Å². The highest BCUT2D eigenvalue weighted by Crippen LogP contribution is 2.31. The molecule has 10 heteroatoms. The van der Waals surface area contributed by atoms with E-state index in [9.17, 15) is 18.0 Å². The molecule has 0 unspecified atom stereocenters. The molecule has 2 aromatic carbocycles. The average Bonchev–Trinajstić information content (AvgIpc) is 2.87. The minimum Gasteiger partial charge on any atom is -0.352 e. The Morgan fingerprint density at radius 1 is 1.08 bits per heavy atom. The van der Waals surface area contributed by atoms with E-state index in [1.54, 1.807) is 24.0 Å². The molecule has 0 radical (unpaired) electrons. The van der Waals surface area contributed by atoms with E-state index in [4.69, 9.17) is 23.2 Å². The molecule has 1 saturated carbocycles. The summed E-state index contributed by atoms with van der Waals surface area (Å²) in [6.07, 6.45) is 6.69. The third-order valence-corrected chi connectivity index (χ3v) is 8.78. The van der Waals surface area contributed by atoms with Crippen LogP contribution in [0.15, 0.2) is 42.5 Å². The summed E-state index contributed by atoms with van der Waals surface area (Å²) in [4.78, 5) is 28.3. The van der Waals surface area contributed by atoms with E-state index < -0.39 is 16.1 Å². The zero-order valence-corrected chi connectivity index (χ0v) is 24.6. The molecule has 1 aliphatic rings. The zero-order chi connectivity index (χ0) is 27.9. The van der Waals surface area contributed by atoms with Crippen LogP contribution in [0.5, 0.6) is 0 Å². The second-order valence-electron chi connectivity index (χ2n) is 10.0. The predicted octanol–water partition coefficient (Wildman–Crippen LogP) is 5.71. The van der Waals surface area contributed by atoms with E-state index >= 15 is 0 Å². The summed E-state index contributed by atoms with van der Waals surface area (Å²) in [7, 11) is -3.67. The number of sulfonamides is 1. The monoisotopic (exact) mass is 581 g/mol. The van der Waals surface area contributed by atoms with Crippen LogP contribution >= 0.6 is 23.2 Å². The minimum absolute atomic E-state index is 0.0471. The molecule has 1 aliphatic carbocycles. The van der Waals surface area contributed by atoms with Gasteiger partial charge in [-0.1, -0.05) is 66.7 Å². The highest BCUT2D eigenvalue weighted by molar-refractivity contribution is 7.92. The van der Waals surface area contributed by atoms with Crippen molar-refractivity contribution in [2.24, 2.45) is 0 Å². The van der Waals surface area contributed by atoms with E-state index in [0.29, 0.717) is 11.6 Å². The van der Waals surface area contributed by atoms with E-state index in [1.807, 2.05) is 31.2 Å². The molecule has 0 saturated heterocycles. The number of benzene rings is 2. The number of nitrogens with zero attached hydrogens (tertiary/aromatic N) is 2. The van der Waals surface area contributed by atoms with Crippen molar-refractivity contribution in [3.8, 4) is 0 Å². The predicted molar refractivity (Wildman–Crippen MR) is 154 cm³/mol. The SMILES string of the molecule is Cc1ccccc1CN(C(=O)CCCN(c1cc(Cl)ccc1Cl)S(C)(=O)=O)[C@H](C)C(=O)NC1CCCCC1. The van der Waals surface area contributed by atoms with Gasteiger partial charge in [-0.15, -0.1) is 0 Å². The van der Waals surface area contributed by atoms with Crippen molar-refractivity contribution < 1.29 is 18.0 Å². The van der Waals surface area contributed by atoms with Gasteiger partial charge in [-0.05, 0) is 62.4 Å². The smallest absolute Gasteiger partial charge is 0.242 e. The van der Waals surface area contributed by atoms with Crippen LogP contribution in [0.4, 0.5) is 5.69 Å². The second kappa shape index (κ2) is 13.7. The van der Waals surface area contributed by atoms with Crippen LogP contribution in [-0.2, 0) is 26.2 Å². The van der Waals surface area contributed by atoms with E-state index in [-0.39, 0.29) is 48.0 Å². The van der Waals surface area contributed by atoms with Gasteiger partial charge in [0.15, 0.2) is 0 Å². The normalized spacial score (nSPS) is 15.1. The first-order valence-corrected chi connectivity index (χ1v) is 15.6. The molecule has 0 bridgehead atoms. The molecule has 1 N–H and O–H groups in total. The number of carbonyl (C=O) groups excluding carboxylic acids is 2. The van der Waals surface area contributed by atoms with Crippen molar-refractivity contribution in [2.75, 3.05) is 17.1 Å². The Morgan fingerprint density at radius 2 is 1.76 bits per heavy atom. The molecule has 0 heterocycles. The Labute approximate surface area is 236 Å². The highest BCUT2D eigenvalue weighted by Gasteiger charge is 2.29. The van der Waals surface area contributed by atoms with Crippen LogP contribution in [0.3, 0.4) is 0 Å². The van der Waals surface area contributed by atoms with Crippen molar-refractivity contribution >= 4 is 50.7 Å². The van der Waals surface area contributed by atoms with Gasteiger partial charge in [0, 0.05) is 30.6 Å². The maximum Gasteiger partial charge on any atom is 0.242 e. The largest absolute Gasteiger partial charge is 0.352 e. The van der Waals surface area contributed by atoms with Gasteiger partial charge in [0.1, 0.15) is 6.04 Å². The van der Waals surface area contributed by atoms with Crippen LogP contribution < -0.4 is 9.62 Å². The molecule has 2 amide bonds. The Kier molecular flexibility index (Phi) is 10.9. The highest BCUT2D eigenvalue weighted by atomic mass is 35.5. The zero-order valence-electron chi connectivity index (χ0n) is 22.3. The molecule has 7 nitrogen and oxygen atoms in total. The summed E-state index contributed by atoms with van der Waals surface area (Å²) in [5.41, 5.74) is 2.26. The summed E-state index contributed by atoms with van der Waals surface area (Å²) in [6, 6.07) is 11.9. The second-order valence-corrected chi connectivity index (χ2v) is 12.8. The fourth-order valence-corrected chi connectivity index (χ4v) is 6.19. The van der Waals surface area contributed by atoms with Gasteiger partial charge in [-0.25, -0.2) is 8.42 Å². The summed E-state index contributed by atoms with van der Waals surface area (Å²) in [5, 5.41) is 3.74. The first kappa shape index (κ1) is 30.3.